The van der Waals surface area contributed by atoms with Gasteiger partial charge in [-0.25, -0.2) is 9.97 Å². The second-order valence-corrected chi connectivity index (χ2v) is 7.28. The molecule has 7 heteroatoms. The fourth-order valence-electron chi connectivity index (χ4n) is 3.56. The lowest BCUT2D eigenvalue weighted by Gasteiger charge is -2.18. The van der Waals surface area contributed by atoms with Crippen LogP contribution in [0.3, 0.4) is 0 Å². The third kappa shape index (κ3) is 2.43. The molecule has 26 heavy (non-hydrogen) atoms. The lowest BCUT2D eigenvalue weighted by Crippen LogP contribution is -2.28. The minimum absolute atomic E-state index is 0.0105. The average molecular weight is 364 g/mol. The van der Waals surface area contributed by atoms with Crippen LogP contribution in [0.5, 0.6) is 0 Å². The molecule has 6 nitrogen and oxygen atoms in total. The molecule has 1 aliphatic rings. The summed E-state index contributed by atoms with van der Waals surface area (Å²) in [5, 5.41) is 2.05. The number of fused-ring (bicyclic) bond motifs is 1. The highest BCUT2D eigenvalue weighted by Gasteiger charge is 2.31. The number of nitrogens with zero attached hydrogens (tertiary/aromatic N) is 4. The van der Waals surface area contributed by atoms with Gasteiger partial charge in [0.2, 0.25) is 0 Å². The summed E-state index contributed by atoms with van der Waals surface area (Å²) in [5.74, 6) is 0.938. The van der Waals surface area contributed by atoms with Crippen LogP contribution < -0.4 is 0 Å². The molecule has 0 aromatic carbocycles. The summed E-state index contributed by atoms with van der Waals surface area (Å²) in [6.45, 7) is 1.36. The van der Waals surface area contributed by atoms with E-state index in [1.54, 1.807) is 23.6 Å². The number of imidazole rings is 1. The second kappa shape index (κ2) is 6.10. The van der Waals surface area contributed by atoms with E-state index >= 15 is 0 Å². The molecular weight excluding hydrogens is 348 g/mol. The Hall–Kier alpha value is -2.93. The van der Waals surface area contributed by atoms with Crippen molar-refractivity contribution in [2.75, 3.05) is 13.1 Å². The van der Waals surface area contributed by atoms with Gasteiger partial charge in [-0.15, -0.1) is 11.3 Å². The molecule has 0 radical (unpaired) electrons. The van der Waals surface area contributed by atoms with E-state index < -0.39 is 0 Å². The number of pyridine rings is 1. The molecule has 1 atom stereocenters. The predicted octanol–water partition coefficient (Wildman–Crippen LogP) is 3.84. The van der Waals surface area contributed by atoms with Crippen LogP contribution in [0.1, 0.15) is 22.8 Å². The molecule has 1 saturated heterocycles. The van der Waals surface area contributed by atoms with Crippen molar-refractivity contribution >= 4 is 28.4 Å². The number of carbonyl (C=O) groups is 1. The molecule has 0 N–H and O–H groups in total. The Kier molecular flexibility index (Phi) is 3.60. The molecule has 0 aliphatic carbocycles. The van der Waals surface area contributed by atoms with Gasteiger partial charge in [-0.1, -0.05) is 6.07 Å². The second-order valence-electron chi connectivity index (χ2n) is 6.33. The van der Waals surface area contributed by atoms with Gasteiger partial charge in [0.05, 0.1) is 22.7 Å². The molecule has 130 valence electrons. The molecule has 1 amide bonds. The summed E-state index contributed by atoms with van der Waals surface area (Å²) in [6.07, 6.45) is 5.70. The number of thiophene rings is 1. The van der Waals surface area contributed by atoms with Crippen molar-refractivity contribution < 1.29 is 9.21 Å². The minimum atomic E-state index is 0.0105. The number of furan rings is 1. The van der Waals surface area contributed by atoms with Gasteiger partial charge in [0.15, 0.2) is 11.5 Å². The van der Waals surface area contributed by atoms with Gasteiger partial charge in [-0.3, -0.25) is 4.79 Å². The number of amides is 1. The number of rotatable bonds is 3. The molecule has 0 bridgehead atoms. The summed E-state index contributed by atoms with van der Waals surface area (Å²) in [4.78, 5) is 25.0. The van der Waals surface area contributed by atoms with Crippen molar-refractivity contribution in [3.05, 3.63) is 60.0 Å². The normalized spacial score (nSPS) is 17.2. The van der Waals surface area contributed by atoms with E-state index in [1.165, 1.54) is 12.5 Å². The maximum atomic E-state index is 12.6. The predicted molar refractivity (Wildman–Crippen MR) is 99.1 cm³/mol. The molecule has 4 aromatic rings. The van der Waals surface area contributed by atoms with E-state index in [-0.39, 0.29) is 11.9 Å². The molecule has 0 saturated carbocycles. The first-order valence-electron chi connectivity index (χ1n) is 8.49. The third-order valence-electron chi connectivity index (χ3n) is 4.77. The molecule has 5 heterocycles. The zero-order valence-corrected chi connectivity index (χ0v) is 14.7. The number of likely N-dealkylation sites (tertiary alicyclic amines) is 1. The molecule has 1 fully saturated rings. The Morgan fingerprint density at radius 2 is 2.23 bits per heavy atom. The number of hydrogen-bond donors (Lipinski definition) is 0. The van der Waals surface area contributed by atoms with Crippen molar-refractivity contribution in [1.29, 1.82) is 0 Å². The van der Waals surface area contributed by atoms with Gasteiger partial charge < -0.3 is 13.9 Å². The highest BCUT2D eigenvalue weighted by Crippen LogP contribution is 2.34. The Balaban J connectivity index is 1.53. The van der Waals surface area contributed by atoms with Crippen LogP contribution in [0.15, 0.2) is 58.9 Å². The van der Waals surface area contributed by atoms with E-state index in [0.29, 0.717) is 18.7 Å². The zero-order valence-electron chi connectivity index (χ0n) is 13.9. The Bertz CT molecular complexity index is 1050. The highest BCUT2D eigenvalue weighted by atomic mass is 32.1. The SMILES string of the molecule is O=C(c1ccoc1)N1CC[C@@H](n2c(-c3cccs3)nc3cccnc32)C1. The van der Waals surface area contributed by atoms with Gasteiger partial charge in [-0.2, -0.15) is 0 Å². The summed E-state index contributed by atoms with van der Waals surface area (Å²) < 4.78 is 7.25. The van der Waals surface area contributed by atoms with Crippen LogP contribution in [-0.4, -0.2) is 38.4 Å². The van der Waals surface area contributed by atoms with Crippen molar-refractivity contribution in [3.63, 3.8) is 0 Å². The smallest absolute Gasteiger partial charge is 0.257 e. The van der Waals surface area contributed by atoms with Gasteiger partial charge in [0.1, 0.15) is 11.8 Å². The maximum Gasteiger partial charge on any atom is 0.257 e. The average Bonchev–Trinajstić information content (AvgIpc) is 3.47. The molecule has 4 aromatic heterocycles. The Morgan fingerprint density at radius 1 is 1.27 bits per heavy atom. The maximum absolute atomic E-state index is 12.6. The van der Waals surface area contributed by atoms with Crippen molar-refractivity contribution in [1.82, 2.24) is 19.4 Å². The largest absolute Gasteiger partial charge is 0.472 e. The topological polar surface area (TPSA) is 64.2 Å². The van der Waals surface area contributed by atoms with Gasteiger partial charge in [0, 0.05) is 19.3 Å². The summed E-state index contributed by atoms with van der Waals surface area (Å²) >= 11 is 1.67. The first-order chi connectivity index (χ1) is 12.8. The standard InChI is InChI=1S/C19H16N4O2S/c24-19(13-6-9-25-12-13)22-8-5-14(11-22)23-17-15(3-1-7-20-17)21-18(23)16-4-2-10-26-16/h1-4,6-7,9-10,12,14H,5,8,11H2/t14-/m1/s1. The lowest BCUT2D eigenvalue weighted by molar-refractivity contribution is 0.0787. The third-order valence-corrected chi connectivity index (χ3v) is 5.64. The van der Waals surface area contributed by atoms with E-state index in [2.05, 4.69) is 21.0 Å². The Labute approximate surface area is 153 Å². The van der Waals surface area contributed by atoms with Crippen LogP contribution >= 0.6 is 11.3 Å². The first kappa shape index (κ1) is 15.3. The fourth-order valence-corrected chi connectivity index (χ4v) is 4.27. The van der Waals surface area contributed by atoms with Crippen molar-refractivity contribution in [3.8, 4) is 10.7 Å². The first-order valence-corrected chi connectivity index (χ1v) is 9.37. The van der Waals surface area contributed by atoms with Crippen LogP contribution in [0.2, 0.25) is 0 Å². The van der Waals surface area contributed by atoms with E-state index in [9.17, 15) is 4.79 Å². The molecule has 0 unspecified atom stereocenters. The Morgan fingerprint density at radius 3 is 3.04 bits per heavy atom. The highest BCUT2D eigenvalue weighted by molar-refractivity contribution is 7.13. The van der Waals surface area contributed by atoms with E-state index in [1.807, 2.05) is 23.1 Å². The van der Waals surface area contributed by atoms with Gasteiger partial charge in [-0.05, 0) is 36.1 Å². The summed E-state index contributed by atoms with van der Waals surface area (Å²) in [5.41, 5.74) is 2.35. The quantitative estimate of drug-likeness (QED) is 0.554. The molecular formula is C19H16N4O2S. The zero-order chi connectivity index (χ0) is 17.5. The minimum Gasteiger partial charge on any atom is -0.472 e. The van der Waals surface area contributed by atoms with E-state index in [0.717, 1.165) is 28.3 Å². The molecule has 1 aliphatic heterocycles. The molecule has 0 spiro atoms. The van der Waals surface area contributed by atoms with Crippen LogP contribution in [0.4, 0.5) is 0 Å². The van der Waals surface area contributed by atoms with Gasteiger partial charge >= 0.3 is 0 Å². The fraction of sp³-hybridized carbons (Fsp3) is 0.211. The number of aromatic nitrogens is 3. The number of hydrogen-bond acceptors (Lipinski definition) is 5. The summed E-state index contributed by atoms with van der Waals surface area (Å²) in [6, 6.07) is 9.86. The van der Waals surface area contributed by atoms with Crippen LogP contribution in [-0.2, 0) is 0 Å². The molecule has 5 rings (SSSR count). The van der Waals surface area contributed by atoms with E-state index in [4.69, 9.17) is 9.40 Å². The van der Waals surface area contributed by atoms with Gasteiger partial charge in [0.25, 0.3) is 5.91 Å². The lowest BCUT2D eigenvalue weighted by atomic mass is 10.2. The number of carbonyl (C=O) groups excluding carboxylic acids is 1. The van der Waals surface area contributed by atoms with Crippen molar-refractivity contribution in [2.45, 2.75) is 12.5 Å². The van der Waals surface area contributed by atoms with Crippen LogP contribution in [0, 0.1) is 0 Å². The summed E-state index contributed by atoms with van der Waals surface area (Å²) in [7, 11) is 0. The monoisotopic (exact) mass is 364 g/mol. The van der Waals surface area contributed by atoms with Crippen molar-refractivity contribution in [2.24, 2.45) is 0 Å². The van der Waals surface area contributed by atoms with Crippen LogP contribution in [0.25, 0.3) is 21.9 Å².